The van der Waals surface area contributed by atoms with Crippen molar-refractivity contribution in [3.63, 3.8) is 0 Å². The highest BCUT2D eigenvalue weighted by molar-refractivity contribution is 5.94. The molecule has 13 nitrogen and oxygen atoms in total. The third-order valence-electron chi connectivity index (χ3n) is 10.1. The average molecular weight is 675 g/mol. The Hall–Kier alpha value is -5.43. The van der Waals surface area contributed by atoms with E-state index in [0.29, 0.717) is 54.4 Å². The first kappa shape index (κ1) is 31.8. The van der Waals surface area contributed by atoms with Gasteiger partial charge in [-0.05, 0) is 81.2 Å². The van der Waals surface area contributed by atoms with Crippen LogP contribution in [0, 0.1) is 0 Å². The molecular formula is C37H42N10O3. The first-order chi connectivity index (χ1) is 24.5. The Kier molecular flexibility index (Phi) is 8.57. The highest BCUT2D eigenvalue weighted by Crippen LogP contribution is 2.34. The Morgan fingerprint density at radius 2 is 1.68 bits per heavy atom. The van der Waals surface area contributed by atoms with E-state index >= 15 is 0 Å². The Labute approximate surface area is 290 Å². The Bertz CT molecular complexity index is 2060. The number of benzene rings is 2. The van der Waals surface area contributed by atoms with Gasteiger partial charge in [-0.15, -0.1) is 5.10 Å². The van der Waals surface area contributed by atoms with Gasteiger partial charge < -0.3 is 29.6 Å². The van der Waals surface area contributed by atoms with E-state index in [0.717, 1.165) is 36.6 Å². The van der Waals surface area contributed by atoms with Crippen molar-refractivity contribution in [2.24, 2.45) is 0 Å². The zero-order chi connectivity index (χ0) is 34.1. The third-order valence-corrected chi connectivity index (χ3v) is 10.1. The predicted molar refractivity (Wildman–Crippen MR) is 191 cm³/mol. The van der Waals surface area contributed by atoms with E-state index in [4.69, 9.17) is 30.0 Å². The van der Waals surface area contributed by atoms with Crippen molar-refractivity contribution in [1.82, 2.24) is 39.2 Å². The maximum Gasteiger partial charge on any atom is 0.255 e. The number of piperidine rings is 1. The number of nitrogens with zero attached hydrogens (tertiary/aromatic N) is 9. The van der Waals surface area contributed by atoms with E-state index in [9.17, 15) is 4.79 Å². The number of amides is 1. The molecule has 50 heavy (non-hydrogen) atoms. The lowest BCUT2D eigenvalue weighted by Gasteiger charge is -2.40. The number of rotatable bonds is 10. The van der Waals surface area contributed by atoms with Gasteiger partial charge in [0, 0.05) is 38.4 Å². The van der Waals surface area contributed by atoms with E-state index in [2.05, 4.69) is 27.0 Å². The average Bonchev–Trinajstić information content (AvgIpc) is 3.95. The molecule has 0 radical (unpaired) electrons. The number of anilines is 2. The van der Waals surface area contributed by atoms with E-state index in [1.165, 1.54) is 36.9 Å². The minimum absolute atomic E-state index is 0.0698. The van der Waals surface area contributed by atoms with Crippen molar-refractivity contribution in [2.45, 2.75) is 38.1 Å². The SMILES string of the molecule is CC(C(=O)N1CCN(c2ccc(OCCCN3CCCCC3)cc2)CC1)(c1ccccc1)n1ncc2c1nc(N)n1nc(-c3ccco3)nc21. The van der Waals surface area contributed by atoms with Gasteiger partial charge in [0.1, 0.15) is 5.75 Å². The van der Waals surface area contributed by atoms with Crippen LogP contribution in [0.4, 0.5) is 11.6 Å². The smallest absolute Gasteiger partial charge is 0.255 e. The van der Waals surface area contributed by atoms with Crippen molar-refractivity contribution in [3.8, 4) is 17.3 Å². The van der Waals surface area contributed by atoms with Gasteiger partial charge in [0.2, 0.25) is 11.8 Å². The van der Waals surface area contributed by atoms with Gasteiger partial charge in [0.05, 0.1) is 24.5 Å². The van der Waals surface area contributed by atoms with Crippen LogP contribution in [0.3, 0.4) is 0 Å². The van der Waals surface area contributed by atoms with Crippen LogP contribution >= 0.6 is 0 Å². The van der Waals surface area contributed by atoms with Crippen LogP contribution in [-0.4, -0.2) is 97.5 Å². The number of furan rings is 1. The molecule has 1 unspecified atom stereocenters. The summed E-state index contributed by atoms with van der Waals surface area (Å²) >= 11 is 0. The predicted octanol–water partition coefficient (Wildman–Crippen LogP) is 4.68. The summed E-state index contributed by atoms with van der Waals surface area (Å²) in [5.41, 5.74) is 8.05. The number of ether oxygens (including phenoxy) is 1. The molecule has 0 saturated carbocycles. The summed E-state index contributed by atoms with van der Waals surface area (Å²) in [6, 6.07) is 21.6. The molecule has 2 N–H and O–H groups in total. The molecule has 1 amide bonds. The Balaban J connectivity index is 0.989. The normalized spacial score (nSPS) is 17.0. The van der Waals surface area contributed by atoms with Crippen LogP contribution in [0.5, 0.6) is 5.75 Å². The summed E-state index contributed by atoms with van der Waals surface area (Å²) < 4.78 is 14.7. The Morgan fingerprint density at radius 3 is 2.42 bits per heavy atom. The molecule has 2 fully saturated rings. The minimum Gasteiger partial charge on any atom is -0.494 e. The van der Waals surface area contributed by atoms with E-state index in [1.807, 2.05) is 54.3 Å². The van der Waals surface area contributed by atoms with Gasteiger partial charge in [0.15, 0.2) is 22.6 Å². The molecule has 258 valence electrons. The number of aromatic nitrogens is 6. The lowest BCUT2D eigenvalue weighted by atomic mass is 9.90. The third kappa shape index (κ3) is 5.91. The lowest BCUT2D eigenvalue weighted by Crippen LogP contribution is -2.56. The fourth-order valence-electron chi connectivity index (χ4n) is 7.24. The number of carbonyl (C=O) groups is 1. The highest BCUT2D eigenvalue weighted by atomic mass is 16.5. The first-order valence-corrected chi connectivity index (χ1v) is 17.5. The summed E-state index contributed by atoms with van der Waals surface area (Å²) in [5.74, 6) is 1.85. The number of likely N-dealkylation sites (tertiary alicyclic amines) is 1. The molecule has 0 spiro atoms. The molecule has 6 heterocycles. The lowest BCUT2D eigenvalue weighted by molar-refractivity contribution is -0.138. The fourth-order valence-corrected chi connectivity index (χ4v) is 7.24. The Morgan fingerprint density at radius 1 is 0.900 bits per heavy atom. The van der Waals surface area contributed by atoms with Gasteiger partial charge in [-0.25, -0.2) is 9.67 Å². The number of hydrogen-bond acceptors (Lipinski definition) is 10. The van der Waals surface area contributed by atoms with Crippen LogP contribution in [0.1, 0.15) is 38.2 Å². The molecule has 2 aromatic carbocycles. The zero-order valence-corrected chi connectivity index (χ0v) is 28.3. The van der Waals surface area contributed by atoms with Gasteiger partial charge in [-0.1, -0.05) is 36.8 Å². The van der Waals surface area contributed by atoms with Gasteiger partial charge in [-0.2, -0.15) is 14.6 Å². The molecular weight excluding hydrogens is 632 g/mol. The number of fused-ring (bicyclic) bond motifs is 3. The van der Waals surface area contributed by atoms with Gasteiger partial charge in [0.25, 0.3) is 5.91 Å². The molecule has 2 aliphatic heterocycles. The summed E-state index contributed by atoms with van der Waals surface area (Å²) in [6.45, 7) is 8.68. The quantitative estimate of drug-likeness (QED) is 0.204. The highest BCUT2D eigenvalue weighted by Gasteiger charge is 2.43. The summed E-state index contributed by atoms with van der Waals surface area (Å²) in [6.07, 6.45) is 8.26. The van der Waals surface area contributed by atoms with Crippen LogP contribution < -0.4 is 15.4 Å². The van der Waals surface area contributed by atoms with Crippen molar-refractivity contribution in [2.75, 3.05) is 63.1 Å². The molecule has 2 aliphatic rings. The number of nitrogens with two attached hydrogens (primary N) is 1. The number of nitrogen functional groups attached to an aromatic ring is 1. The summed E-state index contributed by atoms with van der Waals surface area (Å²) in [4.78, 5) is 30.9. The van der Waals surface area contributed by atoms with Crippen molar-refractivity contribution >= 4 is 34.2 Å². The summed E-state index contributed by atoms with van der Waals surface area (Å²) in [7, 11) is 0. The van der Waals surface area contributed by atoms with Crippen LogP contribution in [0.15, 0.2) is 83.6 Å². The monoisotopic (exact) mass is 674 g/mol. The van der Waals surface area contributed by atoms with E-state index in [1.54, 1.807) is 29.3 Å². The molecule has 13 heteroatoms. The summed E-state index contributed by atoms with van der Waals surface area (Å²) in [5, 5.41) is 9.90. The molecule has 1 atom stereocenters. The van der Waals surface area contributed by atoms with Crippen molar-refractivity contribution in [3.05, 3.63) is 84.8 Å². The molecule has 0 aliphatic carbocycles. The second-order valence-corrected chi connectivity index (χ2v) is 13.2. The maximum atomic E-state index is 14.7. The number of piperazine rings is 1. The first-order valence-electron chi connectivity index (χ1n) is 17.5. The molecule has 4 aromatic heterocycles. The molecule has 6 aromatic rings. The second kappa shape index (κ2) is 13.5. The standard InChI is InChI=1S/C37H42N10O3/c1-37(27-10-4-2-5-11-27,47-34-30(26-39-47)33-40-32(31-12-8-24-50-31)42-46(33)36(38)41-34)35(48)45-22-20-44(21-23-45)28-13-15-29(16-14-28)49-25-9-19-43-17-6-3-7-18-43/h2,4-5,8,10-16,24,26H,3,6-7,9,17-23,25H2,1H3,(H2,38,41). The van der Waals surface area contributed by atoms with E-state index in [-0.39, 0.29) is 11.9 Å². The number of carbonyl (C=O) groups excluding carboxylic acids is 1. The fraction of sp³-hybridized carbons (Fsp3) is 0.378. The topological polar surface area (TPSA) is 136 Å². The number of hydrogen-bond donors (Lipinski definition) is 1. The maximum absolute atomic E-state index is 14.7. The van der Waals surface area contributed by atoms with Crippen LogP contribution in [0.25, 0.3) is 28.3 Å². The van der Waals surface area contributed by atoms with Gasteiger partial charge in [-0.3, -0.25) is 4.79 Å². The second-order valence-electron chi connectivity index (χ2n) is 13.2. The molecule has 0 bridgehead atoms. The van der Waals surface area contributed by atoms with E-state index < -0.39 is 5.54 Å². The zero-order valence-electron chi connectivity index (χ0n) is 28.3. The van der Waals surface area contributed by atoms with Crippen molar-refractivity contribution in [1.29, 1.82) is 0 Å². The van der Waals surface area contributed by atoms with Crippen LogP contribution in [-0.2, 0) is 10.3 Å². The molecule has 2 saturated heterocycles. The molecule has 8 rings (SSSR count). The van der Waals surface area contributed by atoms with Gasteiger partial charge >= 0.3 is 0 Å². The van der Waals surface area contributed by atoms with Crippen LogP contribution in [0.2, 0.25) is 0 Å². The minimum atomic E-state index is -1.21. The largest absolute Gasteiger partial charge is 0.494 e. The van der Waals surface area contributed by atoms with Crippen molar-refractivity contribution < 1.29 is 13.9 Å².